The highest BCUT2D eigenvalue weighted by Gasteiger charge is 2.31. The van der Waals surface area contributed by atoms with Crippen LogP contribution >= 0.6 is 0 Å². The average Bonchev–Trinajstić information content (AvgIpc) is 3.30. The third kappa shape index (κ3) is 5.21. The van der Waals surface area contributed by atoms with Gasteiger partial charge in [-0.1, -0.05) is 19.1 Å². The molecule has 0 aromatic heterocycles. The third-order valence-electron chi connectivity index (χ3n) is 3.70. The molecule has 0 saturated heterocycles. The molecule has 4 nitrogen and oxygen atoms in total. The predicted molar refractivity (Wildman–Crippen MR) is 84.0 cm³/mol. The van der Waals surface area contributed by atoms with Crippen molar-refractivity contribution in [3.63, 3.8) is 0 Å². The molecule has 0 aliphatic heterocycles. The van der Waals surface area contributed by atoms with Gasteiger partial charge in [-0.2, -0.15) is 0 Å². The lowest BCUT2D eigenvalue weighted by molar-refractivity contribution is 0.141. The summed E-state index contributed by atoms with van der Waals surface area (Å²) >= 11 is 0. The van der Waals surface area contributed by atoms with Crippen molar-refractivity contribution in [2.24, 2.45) is 0 Å². The van der Waals surface area contributed by atoms with Crippen LogP contribution in [0.4, 0.5) is 0 Å². The Labute approximate surface area is 127 Å². The molecule has 2 N–H and O–H groups in total. The van der Waals surface area contributed by atoms with E-state index >= 15 is 0 Å². The fourth-order valence-corrected chi connectivity index (χ4v) is 2.20. The SMILES string of the molecule is CCCOc1ccccc1OCCC(C)(CO)NC1CC1. The van der Waals surface area contributed by atoms with E-state index in [0.29, 0.717) is 19.3 Å². The van der Waals surface area contributed by atoms with Gasteiger partial charge < -0.3 is 19.9 Å². The van der Waals surface area contributed by atoms with Crippen LogP contribution in [-0.4, -0.2) is 36.5 Å². The molecule has 1 aromatic rings. The van der Waals surface area contributed by atoms with Gasteiger partial charge in [0.25, 0.3) is 0 Å². The largest absolute Gasteiger partial charge is 0.490 e. The molecule has 1 aliphatic carbocycles. The van der Waals surface area contributed by atoms with Crippen molar-refractivity contribution in [1.82, 2.24) is 5.32 Å². The molecule has 2 rings (SSSR count). The molecule has 0 bridgehead atoms. The number of benzene rings is 1. The second-order valence-corrected chi connectivity index (χ2v) is 6.03. The standard InChI is InChI=1S/C17H27NO3/c1-3-11-20-15-6-4-5-7-16(15)21-12-10-17(2,13-19)18-14-8-9-14/h4-7,14,18-19H,3,8-13H2,1-2H3. The first kappa shape index (κ1) is 16.1. The molecule has 0 heterocycles. The number of aliphatic hydroxyl groups is 1. The highest BCUT2D eigenvalue weighted by molar-refractivity contribution is 5.39. The molecule has 0 spiro atoms. The minimum atomic E-state index is -0.264. The van der Waals surface area contributed by atoms with Crippen LogP contribution in [0.3, 0.4) is 0 Å². The lowest BCUT2D eigenvalue weighted by Crippen LogP contribution is -2.48. The van der Waals surface area contributed by atoms with Gasteiger partial charge in [-0.25, -0.2) is 0 Å². The van der Waals surface area contributed by atoms with E-state index in [-0.39, 0.29) is 12.1 Å². The zero-order chi connectivity index (χ0) is 15.1. The molecule has 1 atom stereocenters. The van der Waals surface area contributed by atoms with Crippen LogP contribution in [0.25, 0.3) is 0 Å². The average molecular weight is 293 g/mol. The summed E-state index contributed by atoms with van der Waals surface area (Å²) in [7, 11) is 0. The normalized spacial score (nSPS) is 17.3. The number of aliphatic hydroxyl groups excluding tert-OH is 1. The molecule has 118 valence electrons. The fraction of sp³-hybridized carbons (Fsp3) is 0.647. The van der Waals surface area contributed by atoms with Crippen molar-refractivity contribution in [2.45, 2.75) is 51.1 Å². The Bertz CT molecular complexity index is 434. The number of nitrogens with one attached hydrogen (secondary N) is 1. The van der Waals surface area contributed by atoms with E-state index in [0.717, 1.165) is 24.3 Å². The van der Waals surface area contributed by atoms with Gasteiger partial charge in [-0.15, -0.1) is 0 Å². The molecule has 1 fully saturated rings. The Kier molecular flexibility index (Phi) is 5.88. The van der Waals surface area contributed by atoms with E-state index in [2.05, 4.69) is 12.2 Å². The van der Waals surface area contributed by atoms with Crippen molar-refractivity contribution < 1.29 is 14.6 Å². The number of hydrogen-bond acceptors (Lipinski definition) is 4. The van der Waals surface area contributed by atoms with Crippen molar-refractivity contribution in [2.75, 3.05) is 19.8 Å². The zero-order valence-electron chi connectivity index (χ0n) is 13.1. The summed E-state index contributed by atoms with van der Waals surface area (Å²) in [5.41, 5.74) is -0.264. The van der Waals surface area contributed by atoms with E-state index in [1.165, 1.54) is 12.8 Å². The summed E-state index contributed by atoms with van der Waals surface area (Å²) in [6, 6.07) is 8.32. The summed E-state index contributed by atoms with van der Waals surface area (Å²) < 4.78 is 11.5. The first-order valence-electron chi connectivity index (χ1n) is 7.90. The summed E-state index contributed by atoms with van der Waals surface area (Å²) in [6.07, 6.45) is 4.17. The van der Waals surface area contributed by atoms with Crippen molar-refractivity contribution in [3.8, 4) is 11.5 Å². The van der Waals surface area contributed by atoms with Gasteiger partial charge in [0.15, 0.2) is 11.5 Å². The van der Waals surface area contributed by atoms with Gasteiger partial charge in [0.2, 0.25) is 0 Å². The molecule has 1 unspecified atom stereocenters. The summed E-state index contributed by atoms with van der Waals surface area (Å²) in [5, 5.41) is 13.1. The highest BCUT2D eigenvalue weighted by atomic mass is 16.5. The Hall–Kier alpha value is -1.26. The summed E-state index contributed by atoms with van der Waals surface area (Å²) in [6.45, 7) is 5.51. The molecule has 21 heavy (non-hydrogen) atoms. The van der Waals surface area contributed by atoms with Crippen LogP contribution in [0.5, 0.6) is 11.5 Å². The van der Waals surface area contributed by atoms with Crippen LogP contribution in [0.2, 0.25) is 0 Å². The van der Waals surface area contributed by atoms with Crippen LogP contribution < -0.4 is 14.8 Å². The molecule has 0 amide bonds. The van der Waals surface area contributed by atoms with Crippen LogP contribution in [0.15, 0.2) is 24.3 Å². The Morgan fingerprint density at radius 2 is 1.81 bits per heavy atom. The minimum Gasteiger partial charge on any atom is -0.490 e. The first-order chi connectivity index (χ1) is 10.2. The molecule has 1 saturated carbocycles. The maximum absolute atomic E-state index is 9.59. The first-order valence-corrected chi connectivity index (χ1v) is 7.90. The smallest absolute Gasteiger partial charge is 0.161 e. The number of ether oxygens (including phenoxy) is 2. The molecule has 0 radical (unpaired) electrons. The van der Waals surface area contributed by atoms with Crippen LogP contribution in [0.1, 0.15) is 39.5 Å². The number of para-hydroxylation sites is 2. The van der Waals surface area contributed by atoms with E-state index < -0.39 is 0 Å². The second-order valence-electron chi connectivity index (χ2n) is 6.03. The second kappa shape index (κ2) is 7.66. The third-order valence-corrected chi connectivity index (χ3v) is 3.70. The minimum absolute atomic E-state index is 0.126. The maximum atomic E-state index is 9.59. The van der Waals surface area contributed by atoms with Gasteiger partial charge in [0.05, 0.1) is 19.8 Å². The van der Waals surface area contributed by atoms with E-state index in [9.17, 15) is 5.11 Å². The van der Waals surface area contributed by atoms with Crippen molar-refractivity contribution >= 4 is 0 Å². The summed E-state index contributed by atoms with van der Waals surface area (Å²) in [4.78, 5) is 0. The Balaban J connectivity index is 1.84. The van der Waals surface area contributed by atoms with Crippen LogP contribution in [-0.2, 0) is 0 Å². The maximum Gasteiger partial charge on any atom is 0.161 e. The molecular formula is C17H27NO3. The van der Waals surface area contributed by atoms with Crippen molar-refractivity contribution in [1.29, 1.82) is 0 Å². The number of rotatable bonds is 10. The topological polar surface area (TPSA) is 50.7 Å². The zero-order valence-corrected chi connectivity index (χ0v) is 13.1. The number of hydrogen-bond donors (Lipinski definition) is 2. The monoisotopic (exact) mass is 293 g/mol. The van der Waals surface area contributed by atoms with Gasteiger partial charge in [0, 0.05) is 18.0 Å². The van der Waals surface area contributed by atoms with Gasteiger partial charge in [0.1, 0.15) is 0 Å². The van der Waals surface area contributed by atoms with E-state index in [4.69, 9.17) is 9.47 Å². The molecule has 4 heteroatoms. The van der Waals surface area contributed by atoms with Gasteiger partial charge in [-0.05, 0) is 38.3 Å². The fourth-order valence-electron chi connectivity index (χ4n) is 2.20. The molecular weight excluding hydrogens is 266 g/mol. The van der Waals surface area contributed by atoms with E-state index in [1.807, 2.05) is 31.2 Å². The quantitative estimate of drug-likeness (QED) is 0.696. The van der Waals surface area contributed by atoms with Crippen LogP contribution in [0, 0.1) is 0 Å². The van der Waals surface area contributed by atoms with Crippen molar-refractivity contribution in [3.05, 3.63) is 24.3 Å². The summed E-state index contributed by atoms with van der Waals surface area (Å²) in [5.74, 6) is 1.57. The van der Waals surface area contributed by atoms with Gasteiger partial charge in [-0.3, -0.25) is 0 Å². The lowest BCUT2D eigenvalue weighted by Gasteiger charge is -2.29. The highest BCUT2D eigenvalue weighted by Crippen LogP contribution is 2.28. The van der Waals surface area contributed by atoms with Gasteiger partial charge >= 0.3 is 0 Å². The van der Waals surface area contributed by atoms with E-state index in [1.54, 1.807) is 0 Å². The Morgan fingerprint density at radius 3 is 2.33 bits per heavy atom. The molecule has 1 aliphatic rings. The molecule has 1 aromatic carbocycles. The Morgan fingerprint density at radius 1 is 1.19 bits per heavy atom. The lowest BCUT2D eigenvalue weighted by atomic mass is 9.99. The predicted octanol–water partition coefficient (Wildman–Crippen LogP) is 2.75.